The summed E-state index contributed by atoms with van der Waals surface area (Å²) in [6.07, 6.45) is 3.57. The Morgan fingerprint density at radius 2 is 2.36 bits per heavy atom. The van der Waals surface area contributed by atoms with E-state index in [0.29, 0.717) is 17.5 Å². The van der Waals surface area contributed by atoms with Gasteiger partial charge < -0.3 is 4.42 Å². The third-order valence-electron chi connectivity index (χ3n) is 1.95. The number of aromatic nitrogens is 3. The van der Waals surface area contributed by atoms with Crippen molar-refractivity contribution < 1.29 is 4.42 Å². The van der Waals surface area contributed by atoms with Crippen LogP contribution in [0.15, 0.2) is 16.8 Å². The van der Waals surface area contributed by atoms with E-state index in [9.17, 15) is 0 Å². The van der Waals surface area contributed by atoms with Gasteiger partial charge in [-0.1, -0.05) is 0 Å². The summed E-state index contributed by atoms with van der Waals surface area (Å²) < 4.78 is 7.16. The number of nitrogens with zero attached hydrogens (tertiary/aromatic N) is 3. The number of rotatable bonds is 2. The lowest BCUT2D eigenvalue weighted by Gasteiger charge is -1.90. The fourth-order valence-corrected chi connectivity index (χ4v) is 1.46. The number of hydrogen-bond donors (Lipinski definition) is 0. The quantitative estimate of drug-likeness (QED) is 0.715. The Hall–Kier alpha value is -1.29. The molecule has 4 nitrogen and oxygen atoms in total. The van der Waals surface area contributed by atoms with E-state index in [2.05, 4.69) is 10.1 Å². The van der Waals surface area contributed by atoms with Gasteiger partial charge in [-0.25, -0.2) is 4.98 Å². The van der Waals surface area contributed by atoms with Crippen LogP contribution in [0.5, 0.6) is 0 Å². The Kier molecular flexibility index (Phi) is 2.29. The molecule has 14 heavy (non-hydrogen) atoms. The third-order valence-corrected chi connectivity index (χ3v) is 2.18. The smallest absolute Gasteiger partial charge is 0.209 e. The van der Waals surface area contributed by atoms with Crippen LogP contribution in [0, 0.1) is 6.92 Å². The van der Waals surface area contributed by atoms with Gasteiger partial charge in [0, 0.05) is 13.2 Å². The molecular weight excluding hydrogens is 202 g/mol. The summed E-state index contributed by atoms with van der Waals surface area (Å²) in [6.45, 7) is 1.93. The highest BCUT2D eigenvalue weighted by atomic mass is 35.5. The van der Waals surface area contributed by atoms with Crippen LogP contribution in [-0.4, -0.2) is 14.8 Å². The van der Waals surface area contributed by atoms with Gasteiger partial charge in [-0.05, 0) is 6.92 Å². The Balaban J connectivity index is 2.43. The molecule has 0 N–H and O–H groups in total. The van der Waals surface area contributed by atoms with E-state index in [1.807, 2.05) is 20.2 Å². The molecule has 0 aliphatic rings. The maximum Gasteiger partial charge on any atom is 0.209 e. The molecule has 0 amide bonds. The molecule has 0 atom stereocenters. The number of halogens is 1. The third kappa shape index (κ3) is 1.53. The standard InChI is InChI=1S/C9H10ClN3O/c1-6-7(5-13(2)12-6)8-4-11-9(3-10)14-8/h4-5H,3H2,1-2H3. The lowest BCUT2D eigenvalue weighted by atomic mass is 10.2. The lowest BCUT2D eigenvalue weighted by Crippen LogP contribution is -1.86. The number of alkyl halides is 1. The zero-order chi connectivity index (χ0) is 10.1. The van der Waals surface area contributed by atoms with Crippen LogP contribution in [0.25, 0.3) is 11.3 Å². The molecule has 0 spiro atoms. The van der Waals surface area contributed by atoms with Gasteiger partial charge in [-0.2, -0.15) is 5.10 Å². The van der Waals surface area contributed by atoms with Crippen molar-refractivity contribution in [2.24, 2.45) is 7.05 Å². The van der Waals surface area contributed by atoms with Crippen molar-refractivity contribution in [1.82, 2.24) is 14.8 Å². The average molecular weight is 212 g/mol. The Morgan fingerprint density at radius 3 is 2.86 bits per heavy atom. The minimum atomic E-state index is 0.291. The summed E-state index contributed by atoms with van der Waals surface area (Å²) in [5.41, 5.74) is 1.88. The fourth-order valence-electron chi connectivity index (χ4n) is 1.34. The largest absolute Gasteiger partial charge is 0.439 e. The molecule has 2 rings (SSSR count). The molecule has 0 unspecified atom stereocenters. The second-order valence-electron chi connectivity index (χ2n) is 3.05. The molecule has 2 heterocycles. The first kappa shape index (κ1) is 9.27. The summed E-state index contributed by atoms with van der Waals surface area (Å²) in [6, 6.07) is 0. The van der Waals surface area contributed by atoms with Gasteiger partial charge in [0.05, 0.1) is 23.3 Å². The van der Waals surface area contributed by atoms with Gasteiger partial charge in [0.2, 0.25) is 5.89 Å². The monoisotopic (exact) mass is 211 g/mol. The van der Waals surface area contributed by atoms with Crippen LogP contribution < -0.4 is 0 Å². The van der Waals surface area contributed by atoms with Crippen LogP contribution in [0.1, 0.15) is 11.6 Å². The Labute approximate surface area is 86.5 Å². The van der Waals surface area contributed by atoms with Crippen molar-refractivity contribution in [3.05, 3.63) is 24.0 Å². The van der Waals surface area contributed by atoms with Gasteiger partial charge in [0.15, 0.2) is 5.76 Å². The summed E-state index contributed by atoms with van der Waals surface area (Å²) in [5.74, 6) is 1.54. The SMILES string of the molecule is Cc1nn(C)cc1-c1cnc(CCl)o1. The highest BCUT2D eigenvalue weighted by Gasteiger charge is 2.10. The predicted octanol–water partition coefficient (Wildman–Crippen LogP) is 2.12. The zero-order valence-corrected chi connectivity index (χ0v) is 8.75. The summed E-state index contributed by atoms with van der Waals surface area (Å²) in [4.78, 5) is 4.03. The molecule has 0 radical (unpaired) electrons. The normalized spacial score (nSPS) is 10.8. The molecule has 0 aromatic carbocycles. The van der Waals surface area contributed by atoms with E-state index in [0.717, 1.165) is 11.3 Å². The molecule has 0 saturated heterocycles. The highest BCUT2D eigenvalue weighted by Crippen LogP contribution is 2.23. The molecule has 0 bridgehead atoms. The van der Waals surface area contributed by atoms with Crippen molar-refractivity contribution in [1.29, 1.82) is 0 Å². The second kappa shape index (κ2) is 3.46. The summed E-state index contributed by atoms with van der Waals surface area (Å²) in [5, 5.41) is 4.22. The number of oxazole rings is 1. The van der Waals surface area contributed by atoms with Gasteiger partial charge >= 0.3 is 0 Å². The minimum absolute atomic E-state index is 0.291. The van der Waals surface area contributed by atoms with Gasteiger partial charge in [0.25, 0.3) is 0 Å². The van der Waals surface area contributed by atoms with Crippen molar-refractivity contribution in [3.8, 4) is 11.3 Å². The molecule has 0 aliphatic heterocycles. The first-order chi connectivity index (χ1) is 6.70. The molecule has 0 saturated carbocycles. The zero-order valence-electron chi connectivity index (χ0n) is 7.99. The molecule has 0 fully saturated rings. The van der Waals surface area contributed by atoms with Crippen LogP contribution in [0.4, 0.5) is 0 Å². The van der Waals surface area contributed by atoms with Crippen LogP contribution in [-0.2, 0) is 12.9 Å². The highest BCUT2D eigenvalue weighted by molar-refractivity contribution is 6.16. The second-order valence-corrected chi connectivity index (χ2v) is 3.32. The van der Waals surface area contributed by atoms with E-state index < -0.39 is 0 Å². The van der Waals surface area contributed by atoms with E-state index in [1.165, 1.54) is 0 Å². The minimum Gasteiger partial charge on any atom is -0.439 e. The summed E-state index contributed by atoms with van der Waals surface area (Å²) >= 11 is 5.60. The number of hydrogen-bond acceptors (Lipinski definition) is 3. The first-order valence-electron chi connectivity index (χ1n) is 4.22. The van der Waals surface area contributed by atoms with Gasteiger partial charge in [0.1, 0.15) is 0 Å². The first-order valence-corrected chi connectivity index (χ1v) is 4.75. The maximum atomic E-state index is 5.60. The van der Waals surface area contributed by atoms with Crippen molar-refractivity contribution >= 4 is 11.6 Å². The van der Waals surface area contributed by atoms with Crippen LogP contribution in [0.3, 0.4) is 0 Å². The molecule has 0 aliphatic carbocycles. The molecule has 74 valence electrons. The molecular formula is C9H10ClN3O. The molecule has 5 heteroatoms. The maximum absolute atomic E-state index is 5.60. The number of aryl methyl sites for hydroxylation is 2. The van der Waals surface area contributed by atoms with E-state index in [1.54, 1.807) is 10.9 Å². The topological polar surface area (TPSA) is 43.9 Å². The predicted molar refractivity (Wildman–Crippen MR) is 53.0 cm³/mol. The summed E-state index contributed by atoms with van der Waals surface area (Å²) in [7, 11) is 1.87. The van der Waals surface area contributed by atoms with Crippen molar-refractivity contribution in [3.63, 3.8) is 0 Å². The Morgan fingerprint density at radius 1 is 1.57 bits per heavy atom. The van der Waals surface area contributed by atoms with Crippen molar-refractivity contribution in [2.45, 2.75) is 12.8 Å². The van der Waals surface area contributed by atoms with E-state index in [-0.39, 0.29) is 0 Å². The Bertz CT molecular complexity index is 447. The van der Waals surface area contributed by atoms with E-state index in [4.69, 9.17) is 16.0 Å². The van der Waals surface area contributed by atoms with Gasteiger partial charge in [-0.15, -0.1) is 11.6 Å². The lowest BCUT2D eigenvalue weighted by molar-refractivity contribution is 0.528. The molecule has 2 aromatic heterocycles. The van der Waals surface area contributed by atoms with Crippen molar-refractivity contribution in [2.75, 3.05) is 0 Å². The molecule has 2 aromatic rings. The van der Waals surface area contributed by atoms with Crippen LogP contribution in [0.2, 0.25) is 0 Å². The van der Waals surface area contributed by atoms with Crippen LogP contribution >= 0.6 is 11.6 Å². The van der Waals surface area contributed by atoms with Gasteiger partial charge in [-0.3, -0.25) is 4.68 Å². The average Bonchev–Trinajstić information content (AvgIpc) is 2.71. The fraction of sp³-hybridized carbons (Fsp3) is 0.333. The van der Waals surface area contributed by atoms with E-state index >= 15 is 0 Å².